The van der Waals surface area contributed by atoms with Crippen molar-refractivity contribution in [3.8, 4) is 0 Å². The van der Waals surface area contributed by atoms with E-state index in [4.69, 9.17) is 4.74 Å². The summed E-state index contributed by atoms with van der Waals surface area (Å²) >= 11 is 0. The van der Waals surface area contributed by atoms with Crippen molar-refractivity contribution in [2.24, 2.45) is 0 Å². The highest BCUT2D eigenvalue weighted by atomic mass is 32.2. The van der Waals surface area contributed by atoms with Gasteiger partial charge in [-0.05, 0) is 37.5 Å². The normalized spacial score (nSPS) is 11.7. The first-order chi connectivity index (χ1) is 11.4. The molecule has 1 aromatic carbocycles. The molecule has 0 saturated carbocycles. The summed E-state index contributed by atoms with van der Waals surface area (Å²) in [7, 11) is -1.94. The van der Waals surface area contributed by atoms with E-state index in [0.717, 1.165) is 12.8 Å². The molecule has 0 aliphatic heterocycles. The van der Waals surface area contributed by atoms with E-state index < -0.39 is 10.0 Å². The van der Waals surface area contributed by atoms with Gasteiger partial charge < -0.3 is 10.1 Å². The van der Waals surface area contributed by atoms with Gasteiger partial charge in [0.15, 0.2) is 0 Å². The number of unbranched alkanes of at least 4 members (excludes halogenated alkanes) is 1. The van der Waals surface area contributed by atoms with Gasteiger partial charge in [-0.3, -0.25) is 4.79 Å². The van der Waals surface area contributed by atoms with Crippen molar-refractivity contribution in [1.29, 1.82) is 0 Å². The molecule has 0 unspecified atom stereocenters. The second kappa shape index (κ2) is 9.76. The Balaban J connectivity index is 2.91. The Hall–Kier alpha value is -1.44. The Kier molecular flexibility index (Phi) is 8.38. The number of aryl methyl sites for hydroxylation is 1. The van der Waals surface area contributed by atoms with E-state index in [1.165, 1.54) is 10.4 Å². The monoisotopic (exact) mass is 356 g/mol. The molecule has 0 bridgehead atoms. The van der Waals surface area contributed by atoms with Crippen LogP contribution in [-0.2, 0) is 14.8 Å². The van der Waals surface area contributed by atoms with Gasteiger partial charge in [0.05, 0.1) is 4.90 Å². The second-order valence-corrected chi connectivity index (χ2v) is 7.43. The predicted octanol–water partition coefficient (Wildman–Crippen LogP) is 2.18. The third-order valence-corrected chi connectivity index (χ3v) is 6.03. The van der Waals surface area contributed by atoms with E-state index in [0.29, 0.717) is 37.4 Å². The van der Waals surface area contributed by atoms with Crippen molar-refractivity contribution in [1.82, 2.24) is 9.62 Å². The molecular weight excluding hydrogens is 328 g/mol. The lowest BCUT2D eigenvalue weighted by Gasteiger charge is -2.20. The van der Waals surface area contributed by atoms with E-state index in [9.17, 15) is 13.2 Å². The van der Waals surface area contributed by atoms with Gasteiger partial charge in [0.1, 0.15) is 0 Å². The Labute approximate surface area is 145 Å². The summed E-state index contributed by atoms with van der Waals surface area (Å²) in [6.45, 7) is 7.33. The molecule has 0 atom stereocenters. The lowest BCUT2D eigenvalue weighted by molar-refractivity contribution is 0.0951. The molecular formula is C17H28N2O4S. The molecule has 136 valence electrons. The maximum absolute atomic E-state index is 12.7. The number of sulfonamides is 1. The molecule has 0 aliphatic rings. The van der Waals surface area contributed by atoms with E-state index in [1.807, 2.05) is 0 Å². The van der Waals surface area contributed by atoms with Gasteiger partial charge in [0, 0.05) is 38.9 Å². The number of carbonyl (C=O) groups excluding carboxylic acids is 1. The molecule has 0 spiro atoms. The van der Waals surface area contributed by atoms with Gasteiger partial charge in [0.25, 0.3) is 5.91 Å². The SMILES string of the molecule is CCN(CC)S(=O)(=O)c1cc(C(=O)NCCCCOC)ccc1C. The molecule has 7 heteroatoms. The van der Waals surface area contributed by atoms with Crippen LogP contribution in [0.1, 0.15) is 42.6 Å². The maximum atomic E-state index is 12.7. The standard InChI is InChI=1S/C17H28N2O4S/c1-5-19(6-2)24(21,22)16-13-15(10-9-14(16)3)17(20)18-11-7-8-12-23-4/h9-10,13H,5-8,11-12H2,1-4H3,(H,18,20). The van der Waals surface area contributed by atoms with Crippen LogP contribution in [-0.4, -0.2) is 52.0 Å². The van der Waals surface area contributed by atoms with Crippen LogP contribution in [0.25, 0.3) is 0 Å². The molecule has 24 heavy (non-hydrogen) atoms. The van der Waals surface area contributed by atoms with Crippen LogP contribution in [0.3, 0.4) is 0 Å². The highest BCUT2D eigenvalue weighted by molar-refractivity contribution is 7.89. The van der Waals surface area contributed by atoms with Crippen molar-refractivity contribution in [3.63, 3.8) is 0 Å². The fourth-order valence-corrected chi connectivity index (χ4v) is 4.11. The topological polar surface area (TPSA) is 75.7 Å². The molecule has 1 aromatic rings. The number of nitrogens with one attached hydrogen (secondary N) is 1. The molecule has 0 aliphatic carbocycles. The zero-order valence-corrected chi connectivity index (χ0v) is 15.8. The number of benzene rings is 1. The van der Waals surface area contributed by atoms with E-state index in [1.54, 1.807) is 40.0 Å². The van der Waals surface area contributed by atoms with Gasteiger partial charge in [-0.2, -0.15) is 4.31 Å². The lowest BCUT2D eigenvalue weighted by Crippen LogP contribution is -2.31. The minimum Gasteiger partial charge on any atom is -0.385 e. The van der Waals surface area contributed by atoms with Crippen molar-refractivity contribution < 1.29 is 17.9 Å². The summed E-state index contributed by atoms with van der Waals surface area (Å²) in [5.74, 6) is -0.261. The number of hydrogen-bond donors (Lipinski definition) is 1. The summed E-state index contributed by atoms with van der Waals surface area (Å²) in [6.07, 6.45) is 1.68. The Bertz CT molecular complexity index is 640. The molecule has 1 N–H and O–H groups in total. The second-order valence-electron chi connectivity index (χ2n) is 5.53. The van der Waals surface area contributed by atoms with Gasteiger partial charge in [0.2, 0.25) is 10.0 Å². The average Bonchev–Trinajstić information content (AvgIpc) is 2.55. The highest BCUT2D eigenvalue weighted by Crippen LogP contribution is 2.21. The van der Waals surface area contributed by atoms with E-state index in [2.05, 4.69) is 5.32 Å². The van der Waals surface area contributed by atoms with Gasteiger partial charge in [-0.15, -0.1) is 0 Å². The smallest absolute Gasteiger partial charge is 0.251 e. The number of methoxy groups -OCH3 is 1. The molecule has 0 aromatic heterocycles. The molecule has 0 radical (unpaired) electrons. The van der Waals surface area contributed by atoms with E-state index in [-0.39, 0.29) is 10.8 Å². The molecule has 6 nitrogen and oxygen atoms in total. The zero-order valence-electron chi connectivity index (χ0n) is 15.0. The van der Waals surface area contributed by atoms with Crippen LogP contribution in [0.5, 0.6) is 0 Å². The fraction of sp³-hybridized carbons (Fsp3) is 0.588. The van der Waals surface area contributed by atoms with Gasteiger partial charge in [-0.1, -0.05) is 19.9 Å². The molecule has 0 saturated heterocycles. The highest BCUT2D eigenvalue weighted by Gasteiger charge is 2.24. The first-order valence-electron chi connectivity index (χ1n) is 8.26. The van der Waals surface area contributed by atoms with Crippen LogP contribution in [0.2, 0.25) is 0 Å². The first kappa shape index (κ1) is 20.6. The van der Waals surface area contributed by atoms with E-state index >= 15 is 0 Å². The molecule has 1 rings (SSSR count). The number of amides is 1. The van der Waals surface area contributed by atoms with Gasteiger partial charge in [-0.25, -0.2) is 8.42 Å². The zero-order chi connectivity index (χ0) is 18.2. The summed E-state index contributed by atoms with van der Waals surface area (Å²) in [6, 6.07) is 4.80. The number of ether oxygens (including phenoxy) is 1. The molecule has 0 fully saturated rings. The Morgan fingerprint density at radius 2 is 1.88 bits per heavy atom. The quantitative estimate of drug-likeness (QED) is 0.652. The van der Waals surface area contributed by atoms with Crippen LogP contribution >= 0.6 is 0 Å². The molecule has 0 heterocycles. The van der Waals surface area contributed by atoms with Crippen LogP contribution in [0.4, 0.5) is 0 Å². The van der Waals surface area contributed by atoms with Crippen molar-refractivity contribution in [2.75, 3.05) is 33.4 Å². The van der Waals surface area contributed by atoms with Crippen molar-refractivity contribution in [2.45, 2.75) is 38.5 Å². The van der Waals surface area contributed by atoms with Crippen molar-refractivity contribution in [3.05, 3.63) is 29.3 Å². The Morgan fingerprint density at radius 3 is 2.46 bits per heavy atom. The first-order valence-corrected chi connectivity index (χ1v) is 9.70. The number of nitrogens with zero attached hydrogens (tertiary/aromatic N) is 1. The van der Waals surface area contributed by atoms with Crippen LogP contribution in [0.15, 0.2) is 23.1 Å². The minimum absolute atomic E-state index is 0.193. The largest absolute Gasteiger partial charge is 0.385 e. The van der Waals surface area contributed by atoms with Crippen molar-refractivity contribution >= 4 is 15.9 Å². The summed E-state index contributed by atoms with van der Waals surface area (Å²) in [5.41, 5.74) is 0.997. The summed E-state index contributed by atoms with van der Waals surface area (Å²) in [5, 5.41) is 2.81. The van der Waals surface area contributed by atoms with Crippen LogP contribution < -0.4 is 5.32 Å². The fourth-order valence-electron chi connectivity index (χ4n) is 2.40. The van der Waals surface area contributed by atoms with Crippen LogP contribution in [0, 0.1) is 6.92 Å². The minimum atomic E-state index is -3.58. The summed E-state index contributed by atoms with van der Waals surface area (Å²) in [4.78, 5) is 12.4. The number of hydrogen-bond acceptors (Lipinski definition) is 4. The Morgan fingerprint density at radius 1 is 1.21 bits per heavy atom. The third kappa shape index (κ3) is 5.29. The average molecular weight is 356 g/mol. The number of carbonyl (C=O) groups is 1. The number of rotatable bonds is 10. The summed E-state index contributed by atoms with van der Waals surface area (Å²) < 4.78 is 31.8. The lowest BCUT2D eigenvalue weighted by atomic mass is 10.1. The third-order valence-electron chi connectivity index (χ3n) is 3.83. The van der Waals surface area contributed by atoms with Gasteiger partial charge >= 0.3 is 0 Å². The molecule has 1 amide bonds. The predicted molar refractivity (Wildman–Crippen MR) is 94.7 cm³/mol. The maximum Gasteiger partial charge on any atom is 0.251 e.